The molecule has 9 aromatic carbocycles. The van der Waals surface area contributed by atoms with Crippen LogP contribution in [-0.2, 0) is 0 Å². The molecule has 0 fully saturated rings. The molecule has 11 rings (SSSR count). The van der Waals surface area contributed by atoms with E-state index in [1.165, 1.54) is 44.2 Å². The van der Waals surface area contributed by atoms with Crippen molar-refractivity contribution in [3.63, 3.8) is 0 Å². The van der Waals surface area contributed by atoms with Crippen molar-refractivity contribution >= 4 is 10.8 Å². The number of benzene rings is 9. The number of hydrogen-bond acceptors (Lipinski definition) is 4. The first kappa shape index (κ1) is 34.9. The Morgan fingerprint density at radius 3 is 1.17 bits per heavy atom. The summed E-state index contributed by atoms with van der Waals surface area (Å²) in [6, 6.07) is 74.3. The molecule has 0 spiro atoms. The van der Waals surface area contributed by atoms with Crippen LogP contribution in [0, 0.1) is 11.3 Å². The Labute approximate surface area is 348 Å². The zero-order valence-corrected chi connectivity index (χ0v) is 32.4. The van der Waals surface area contributed by atoms with Gasteiger partial charge in [0.2, 0.25) is 0 Å². The molecule has 1 aliphatic rings. The lowest BCUT2D eigenvalue weighted by Crippen LogP contribution is -2.00. The highest BCUT2D eigenvalue weighted by Gasteiger charge is 2.25. The van der Waals surface area contributed by atoms with Crippen molar-refractivity contribution in [3.05, 3.63) is 212 Å². The van der Waals surface area contributed by atoms with Gasteiger partial charge in [-0.2, -0.15) is 5.26 Å². The van der Waals surface area contributed by atoms with Gasteiger partial charge >= 0.3 is 0 Å². The van der Waals surface area contributed by atoms with Gasteiger partial charge in [-0.3, -0.25) is 0 Å². The molecular weight excluding hydrogens is 729 g/mol. The fourth-order valence-corrected chi connectivity index (χ4v) is 8.57. The van der Waals surface area contributed by atoms with Gasteiger partial charge in [0.05, 0.1) is 11.6 Å². The summed E-state index contributed by atoms with van der Waals surface area (Å²) < 4.78 is 0. The van der Waals surface area contributed by atoms with Crippen LogP contribution < -0.4 is 0 Å². The minimum Gasteiger partial charge on any atom is -0.208 e. The highest BCUT2D eigenvalue weighted by molar-refractivity contribution is 6.22. The summed E-state index contributed by atoms with van der Waals surface area (Å²) >= 11 is 0. The molecule has 0 aliphatic heterocycles. The summed E-state index contributed by atoms with van der Waals surface area (Å²) in [6.07, 6.45) is 0. The zero-order valence-electron chi connectivity index (χ0n) is 32.4. The van der Waals surface area contributed by atoms with Crippen molar-refractivity contribution in [1.29, 1.82) is 5.26 Å². The molecule has 1 aliphatic carbocycles. The van der Waals surface area contributed by atoms with Crippen LogP contribution in [0.1, 0.15) is 5.56 Å². The molecule has 1 heterocycles. The van der Waals surface area contributed by atoms with Gasteiger partial charge in [0.25, 0.3) is 0 Å². The molecule has 0 saturated heterocycles. The molecule has 60 heavy (non-hydrogen) atoms. The molecule has 10 aromatic rings. The van der Waals surface area contributed by atoms with Crippen LogP contribution >= 0.6 is 0 Å². The average molecular weight is 763 g/mol. The lowest BCUT2D eigenvalue weighted by molar-refractivity contribution is 1.07. The monoisotopic (exact) mass is 762 g/mol. The highest BCUT2D eigenvalue weighted by Crippen LogP contribution is 2.52. The predicted octanol–water partition coefficient (Wildman–Crippen LogP) is 14.2. The Balaban J connectivity index is 0.972. The zero-order chi connectivity index (χ0) is 40.0. The van der Waals surface area contributed by atoms with Crippen LogP contribution in [0.4, 0.5) is 0 Å². The van der Waals surface area contributed by atoms with Crippen LogP contribution in [0.15, 0.2) is 206 Å². The average Bonchev–Trinajstić information content (AvgIpc) is 3.66. The lowest BCUT2D eigenvalue weighted by Gasteiger charge is -2.16. The third kappa shape index (κ3) is 6.14. The number of nitrogens with zero attached hydrogens (tertiary/aromatic N) is 4. The van der Waals surface area contributed by atoms with E-state index in [-0.39, 0.29) is 0 Å². The molecule has 278 valence electrons. The largest absolute Gasteiger partial charge is 0.208 e. The quantitative estimate of drug-likeness (QED) is 0.162. The summed E-state index contributed by atoms with van der Waals surface area (Å²) in [4.78, 5) is 14.7. The van der Waals surface area contributed by atoms with Crippen LogP contribution in [0.25, 0.3) is 112 Å². The van der Waals surface area contributed by atoms with E-state index in [9.17, 15) is 5.26 Å². The van der Waals surface area contributed by atoms with Gasteiger partial charge in [0.15, 0.2) is 17.5 Å². The third-order valence-electron chi connectivity index (χ3n) is 11.6. The standard InChI is InChI=1S/C56H34N4/c57-35-36-18-20-39(21-19-36)44-14-9-15-45(34-44)47-31-33-51-49-17-8-7-16-48(49)50-32-30-46(52(47)53(50)51)40-26-22-37(23-27-40)38-24-28-43(29-25-38)56-59-54(41-10-3-1-4-11-41)58-55(60-56)42-12-5-2-6-13-42/h1-34H. The number of rotatable bonds is 7. The Morgan fingerprint density at radius 2 is 0.633 bits per heavy atom. The topological polar surface area (TPSA) is 62.5 Å². The van der Waals surface area contributed by atoms with Crippen molar-refractivity contribution in [2.45, 2.75) is 0 Å². The van der Waals surface area contributed by atoms with E-state index >= 15 is 0 Å². The molecule has 4 nitrogen and oxygen atoms in total. The molecule has 0 bridgehead atoms. The number of nitriles is 1. The highest BCUT2D eigenvalue weighted by atomic mass is 15.0. The fraction of sp³-hybridized carbons (Fsp3) is 0. The SMILES string of the molecule is N#Cc1ccc(-c2cccc(-c3ccc4c5c(ccc(-c6ccc(-c7ccc(-c8nc(-c9ccccc9)nc(-c9ccccc9)n8)cc7)cc6)c35)-c3ccccc3-4)c2)cc1. The molecular formula is C56H34N4. The molecule has 1 aromatic heterocycles. The molecule has 0 amide bonds. The second kappa shape index (κ2) is 14.6. The molecule has 0 saturated carbocycles. The second-order valence-electron chi connectivity index (χ2n) is 15.1. The number of aromatic nitrogens is 3. The first-order valence-corrected chi connectivity index (χ1v) is 20.1. The summed E-state index contributed by atoms with van der Waals surface area (Å²) in [7, 11) is 0. The Kier molecular flexibility index (Phi) is 8.50. The van der Waals surface area contributed by atoms with Crippen molar-refractivity contribution in [2.75, 3.05) is 0 Å². The number of hydrogen-bond donors (Lipinski definition) is 0. The summed E-state index contributed by atoms with van der Waals surface area (Å²) in [6.45, 7) is 0. The van der Waals surface area contributed by atoms with Gasteiger partial charge in [-0.05, 0) is 95.7 Å². The van der Waals surface area contributed by atoms with E-state index in [1.807, 2.05) is 84.9 Å². The van der Waals surface area contributed by atoms with E-state index < -0.39 is 0 Å². The molecule has 0 unspecified atom stereocenters. The van der Waals surface area contributed by atoms with Crippen LogP contribution in [0.3, 0.4) is 0 Å². The van der Waals surface area contributed by atoms with Gasteiger partial charge in [0.1, 0.15) is 0 Å². The van der Waals surface area contributed by atoms with Crippen molar-refractivity contribution in [3.8, 4) is 107 Å². The third-order valence-corrected chi connectivity index (χ3v) is 11.6. The van der Waals surface area contributed by atoms with Gasteiger partial charge in [0, 0.05) is 16.7 Å². The first-order valence-electron chi connectivity index (χ1n) is 20.1. The van der Waals surface area contributed by atoms with E-state index in [4.69, 9.17) is 15.0 Å². The van der Waals surface area contributed by atoms with Gasteiger partial charge < -0.3 is 0 Å². The molecule has 4 heteroatoms. The smallest absolute Gasteiger partial charge is 0.164 e. The van der Waals surface area contributed by atoms with E-state index in [0.717, 1.165) is 50.1 Å². The van der Waals surface area contributed by atoms with Crippen molar-refractivity contribution in [1.82, 2.24) is 15.0 Å². The Bertz CT molecular complexity index is 3190. The molecule has 0 radical (unpaired) electrons. The van der Waals surface area contributed by atoms with E-state index in [2.05, 4.69) is 127 Å². The number of fused-ring (bicyclic) bond motifs is 3. The van der Waals surface area contributed by atoms with Crippen molar-refractivity contribution < 1.29 is 0 Å². The lowest BCUT2D eigenvalue weighted by atomic mass is 9.87. The van der Waals surface area contributed by atoms with Gasteiger partial charge in [-0.15, -0.1) is 0 Å². The maximum atomic E-state index is 9.37. The van der Waals surface area contributed by atoms with Crippen LogP contribution in [0.2, 0.25) is 0 Å². The summed E-state index contributed by atoms with van der Waals surface area (Å²) in [5.74, 6) is 1.93. The first-order chi connectivity index (χ1) is 29.7. The minimum absolute atomic E-state index is 0.636. The Hall–Kier alpha value is -8.26. The molecule has 0 N–H and O–H groups in total. The maximum Gasteiger partial charge on any atom is 0.164 e. The minimum atomic E-state index is 0.636. The maximum absolute atomic E-state index is 9.37. The van der Waals surface area contributed by atoms with Gasteiger partial charge in [-0.25, -0.2) is 15.0 Å². The second-order valence-corrected chi connectivity index (χ2v) is 15.1. The van der Waals surface area contributed by atoms with Gasteiger partial charge in [-0.1, -0.05) is 188 Å². The van der Waals surface area contributed by atoms with E-state index in [0.29, 0.717) is 23.0 Å². The Morgan fingerprint density at radius 1 is 0.267 bits per heavy atom. The predicted molar refractivity (Wildman–Crippen MR) is 245 cm³/mol. The normalized spacial score (nSPS) is 11.3. The molecule has 0 atom stereocenters. The van der Waals surface area contributed by atoms with E-state index in [1.54, 1.807) is 0 Å². The summed E-state index contributed by atoms with van der Waals surface area (Å²) in [5, 5.41) is 11.9. The van der Waals surface area contributed by atoms with Crippen LogP contribution in [0.5, 0.6) is 0 Å². The fourth-order valence-electron chi connectivity index (χ4n) is 8.57. The van der Waals surface area contributed by atoms with Crippen molar-refractivity contribution in [2.24, 2.45) is 0 Å². The van der Waals surface area contributed by atoms with Crippen LogP contribution in [-0.4, -0.2) is 15.0 Å². The summed E-state index contributed by atoms with van der Waals surface area (Å²) in [5.41, 5.74) is 17.7.